The van der Waals surface area contributed by atoms with Crippen molar-refractivity contribution in [2.75, 3.05) is 0 Å². The smallest absolute Gasteiger partial charge is 0.507 e. The molecule has 1 aliphatic rings. The SMILES string of the molecule is CB1OC(=N)C(=O)O1. The fourth-order valence-electron chi connectivity index (χ4n) is 0.442. The van der Waals surface area contributed by atoms with Crippen molar-refractivity contribution in [2.24, 2.45) is 0 Å². The van der Waals surface area contributed by atoms with Crippen LogP contribution >= 0.6 is 0 Å². The highest BCUT2D eigenvalue weighted by Gasteiger charge is 2.32. The number of hydrogen-bond donors (Lipinski definition) is 1. The summed E-state index contributed by atoms with van der Waals surface area (Å²) in [5.41, 5.74) is 0. The monoisotopic (exact) mass is 113 g/mol. The highest BCUT2D eigenvalue weighted by molar-refractivity contribution is 6.59. The average molecular weight is 113 g/mol. The van der Waals surface area contributed by atoms with E-state index in [0.29, 0.717) is 0 Å². The van der Waals surface area contributed by atoms with Crippen molar-refractivity contribution < 1.29 is 14.1 Å². The third kappa shape index (κ3) is 0.663. The van der Waals surface area contributed by atoms with E-state index in [-0.39, 0.29) is 0 Å². The lowest BCUT2D eigenvalue weighted by atomic mass is 9.97. The first-order chi connectivity index (χ1) is 3.70. The highest BCUT2D eigenvalue weighted by atomic mass is 16.7. The van der Waals surface area contributed by atoms with Gasteiger partial charge in [-0.3, -0.25) is 5.41 Å². The summed E-state index contributed by atoms with van der Waals surface area (Å²) in [6.45, 7) is 1.56. The second kappa shape index (κ2) is 1.50. The van der Waals surface area contributed by atoms with Crippen molar-refractivity contribution in [3.05, 3.63) is 0 Å². The zero-order chi connectivity index (χ0) is 6.15. The third-order valence-electron chi connectivity index (χ3n) is 0.742. The van der Waals surface area contributed by atoms with Gasteiger partial charge in [0.1, 0.15) is 0 Å². The Morgan fingerprint density at radius 1 is 1.62 bits per heavy atom. The summed E-state index contributed by atoms with van der Waals surface area (Å²) in [6, 6.07) is 0. The van der Waals surface area contributed by atoms with Crippen LogP contribution in [-0.4, -0.2) is 19.0 Å². The Labute approximate surface area is 46.4 Å². The van der Waals surface area contributed by atoms with E-state index in [0.717, 1.165) is 0 Å². The molecular formula is C3H4BNO3. The number of carbonyl (C=O) groups excluding carboxylic acids is 1. The van der Waals surface area contributed by atoms with Gasteiger partial charge < -0.3 is 9.31 Å². The lowest BCUT2D eigenvalue weighted by Gasteiger charge is -1.88. The summed E-state index contributed by atoms with van der Waals surface area (Å²) in [5.74, 6) is -1.09. The molecule has 5 heteroatoms. The molecule has 0 unspecified atom stereocenters. The van der Waals surface area contributed by atoms with Crippen LogP contribution in [0.15, 0.2) is 0 Å². The van der Waals surface area contributed by atoms with Gasteiger partial charge in [0.05, 0.1) is 0 Å². The molecule has 1 saturated heterocycles. The molecule has 0 aromatic heterocycles. The van der Waals surface area contributed by atoms with Gasteiger partial charge in [-0.15, -0.1) is 0 Å². The van der Waals surface area contributed by atoms with Crippen LogP contribution in [0.3, 0.4) is 0 Å². The van der Waals surface area contributed by atoms with Gasteiger partial charge in [0.25, 0.3) is 5.90 Å². The summed E-state index contributed by atoms with van der Waals surface area (Å²) in [5, 5.41) is 6.69. The van der Waals surface area contributed by atoms with Crippen LogP contribution in [0.1, 0.15) is 0 Å². The van der Waals surface area contributed by atoms with Crippen LogP contribution < -0.4 is 0 Å². The maximum absolute atomic E-state index is 10.2. The molecule has 0 aromatic rings. The van der Waals surface area contributed by atoms with E-state index in [2.05, 4.69) is 9.31 Å². The molecule has 1 N–H and O–H groups in total. The molecule has 0 spiro atoms. The third-order valence-corrected chi connectivity index (χ3v) is 0.742. The summed E-state index contributed by atoms with van der Waals surface area (Å²) < 4.78 is 8.87. The van der Waals surface area contributed by atoms with E-state index in [1.54, 1.807) is 6.82 Å². The number of nitrogens with one attached hydrogen (secondary N) is 1. The minimum absolute atomic E-state index is 0.405. The topological polar surface area (TPSA) is 59.4 Å². The molecule has 0 aromatic carbocycles. The van der Waals surface area contributed by atoms with Gasteiger partial charge in [-0.1, -0.05) is 0 Å². The first-order valence-electron chi connectivity index (χ1n) is 2.16. The minimum atomic E-state index is -0.683. The molecule has 1 heterocycles. The van der Waals surface area contributed by atoms with E-state index in [1.807, 2.05) is 0 Å². The van der Waals surface area contributed by atoms with Crippen LogP contribution in [-0.2, 0) is 14.1 Å². The van der Waals surface area contributed by atoms with Gasteiger partial charge in [-0.25, -0.2) is 4.79 Å². The Balaban J connectivity index is 2.64. The molecule has 0 bridgehead atoms. The predicted molar refractivity (Wildman–Crippen MR) is 26.5 cm³/mol. The van der Waals surface area contributed by atoms with Crippen LogP contribution in [0.5, 0.6) is 0 Å². The zero-order valence-electron chi connectivity index (χ0n) is 4.30. The lowest BCUT2D eigenvalue weighted by Crippen LogP contribution is -2.07. The first kappa shape index (κ1) is 5.15. The Morgan fingerprint density at radius 2 is 2.25 bits per heavy atom. The maximum Gasteiger partial charge on any atom is 0.594 e. The summed E-state index contributed by atoms with van der Waals surface area (Å²) in [6.07, 6.45) is 0. The first-order valence-corrected chi connectivity index (χ1v) is 2.16. The quantitative estimate of drug-likeness (QED) is 0.437. The molecule has 0 aliphatic carbocycles. The average Bonchev–Trinajstić information content (AvgIpc) is 1.85. The van der Waals surface area contributed by atoms with Crippen molar-refractivity contribution in [1.29, 1.82) is 5.41 Å². The van der Waals surface area contributed by atoms with E-state index >= 15 is 0 Å². The largest absolute Gasteiger partial charge is 0.594 e. The number of hydrogen-bond acceptors (Lipinski definition) is 4. The fraction of sp³-hybridized carbons (Fsp3) is 0.333. The van der Waals surface area contributed by atoms with Gasteiger partial charge >= 0.3 is 13.1 Å². The van der Waals surface area contributed by atoms with Crippen molar-refractivity contribution in [2.45, 2.75) is 6.82 Å². The second-order valence-corrected chi connectivity index (χ2v) is 1.42. The highest BCUT2D eigenvalue weighted by Crippen LogP contribution is 2.00. The van der Waals surface area contributed by atoms with Gasteiger partial charge in [0.2, 0.25) is 0 Å². The molecular weight excluding hydrogens is 109 g/mol. The summed E-state index contributed by atoms with van der Waals surface area (Å²) >= 11 is 0. The van der Waals surface area contributed by atoms with Crippen molar-refractivity contribution >= 4 is 19.0 Å². The van der Waals surface area contributed by atoms with E-state index in [1.165, 1.54) is 0 Å². The van der Waals surface area contributed by atoms with Crippen LogP contribution in [0.2, 0.25) is 6.82 Å². The van der Waals surface area contributed by atoms with E-state index < -0.39 is 19.0 Å². The Hall–Kier alpha value is -0.995. The van der Waals surface area contributed by atoms with Gasteiger partial charge in [0.15, 0.2) is 0 Å². The van der Waals surface area contributed by atoms with Gasteiger partial charge in [0, 0.05) is 0 Å². The zero-order valence-corrected chi connectivity index (χ0v) is 4.30. The van der Waals surface area contributed by atoms with E-state index in [9.17, 15) is 4.79 Å². The summed E-state index contributed by atoms with van der Waals surface area (Å²) in [7, 11) is -0.574. The standard InChI is InChI=1S/C3H4BNO3/c1-4-7-2(5)3(6)8-4/h5H,1H3. The molecule has 0 radical (unpaired) electrons. The van der Waals surface area contributed by atoms with Crippen LogP contribution in [0.4, 0.5) is 0 Å². The lowest BCUT2D eigenvalue weighted by molar-refractivity contribution is -0.126. The fourth-order valence-corrected chi connectivity index (χ4v) is 0.442. The molecule has 1 fully saturated rings. The van der Waals surface area contributed by atoms with Gasteiger partial charge in [-0.05, 0) is 6.82 Å². The minimum Gasteiger partial charge on any atom is -0.507 e. The Morgan fingerprint density at radius 3 is 2.38 bits per heavy atom. The normalized spacial score (nSPS) is 18.4. The van der Waals surface area contributed by atoms with Gasteiger partial charge in [-0.2, -0.15) is 0 Å². The molecule has 4 nitrogen and oxygen atoms in total. The van der Waals surface area contributed by atoms with Crippen LogP contribution in [0.25, 0.3) is 0 Å². The summed E-state index contributed by atoms with van der Waals surface area (Å²) in [4.78, 5) is 10.2. The molecule has 0 atom stereocenters. The molecule has 0 amide bonds. The Bertz CT molecular complexity index is 129. The predicted octanol–water partition coefficient (Wildman–Crippen LogP) is -0.345. The number of rotatable bonds is 0. The maximum atomic E-state index is 10.2. The van der Waals surface area contributed by atoms with E-state index in [4.69, 9.17) is 5.41 Å². The number of carbonyl (C=O) groups is 1. The van der Waals surface area contributed by atoms with Crippen molar-refractivity contribution in [3.8, 4) is 0 Å². The molecule has 0 saturated carbocycles. The Kier molecular flexibility index (Phi) is 0.967. The molecule has 42 valence electrons. The van der Waals surface area contributed by atoms with Crippen LogP contribution in [0, 0.1) is 5.41 Å². The molecule has 1 aliphatic heterocycles. The van der Waals surface area contributed by atoms with Crippen molar-refractivity contribution in [1.82, 2.24) is 0 Å². The van der Waals surface area contributed by atoms with Crippen molar-refractivity contribution in [3.63, 3.8) is 0 Å². The molecule has 1 rings (SSSR count). The second-order valence-electron chi connectivity index (χ2n) is 1.42. The molecule has 8 heavy (non-hydrogen) atoms.